The van der Waals surface area contributed by atoms with Crippen LogP contribution >= 0.6 is 0 Å². The second-order valence-electron chi connectivity index (χ2n) is 12.9. The van der Waals surface area contributed by atoms with E-state index < -0.39 is 5.41 Å². The number of para-hydroxylation sites is 2. The summed E-state index contributed by atoms with van der Waals surface area (Å²) in [6.07, 6.45) is 0. The summed E-state index contributed by atoms with van der Waals surface area (Å²) in [6, 6.07) is 68.1. The molecule has 2 heteroatoms. The third-order valence-corrected chi connectivity index (χ3v) is 10.3. The highest BCUT2D eigenvalue weighted by atomic mass is 16.3. The average molecular weight is 626 g/mol. The van der Waals surface area contributed by atoms with Gasteiger partial charge in [-0.2, -0.15) is 0 Å². The quantitative estimate of drug-likeness (QED) is 0.189. The SMILES string of the molecule is c1ccc(N(c2ccc3cc4c(cc3c2)C(c2ccccc2)(c2ccccc2)c2ccccc2-4)c2ccc3c(c2)oc2ccccc23)cc1. The summed E-state index contributed by atoms with van der Waals surface area (Å²) in [6.45, 7) is 0. The molecule has 0 aliphatic heterocycles. The molecule has 0 atom stereocenters. The number of hydrogen-bond acceptors (Lipinski definition) is 2. The lowest BCUT2D eigenvalue weighted by Crippen LogP contribution is -2.28. The minimum absolute atomic E-state index is 0.440. The monoisotopic (exact) mass is 625 g/mol. The smallest absolute Gasteiger partial charge is 0.137 e. The van der Waals surface area contributed by atoms with Crippen molar-refractivity contribution < 1.29 is 4.42 Å². The molecule has 0 amide bonds. The lowest BCUT2D eigenvalue weighted by molar-refractivity contribution is 0.669. The van der Waals surface area contributed by atoms with Crippen molar-refractivity contribution in [1.82, 2.24) is 0 Å². The first-order valence-corrected chi connectivity index (χ1v) is 16.8. The largest absolute Gasteiger partial charge is 0.456 e. The van der Waals surface area contributed by atoms with Crippen LogP contribution in [0.4, 0.5) is 17.1 Å². The summed E-state index contributed by atoms with van der Waals surface area (Å²) in [7, 11) is 0. The Hall–Kier alpha value is -6.38. The fourth-order valence-electron chi connectivity index (χ4n) is 8.19. The van der Waals surface area contributed by atoms with Gasteiger partial charge in [0.05, 0.1) is 5.41 Å². The van der Waals surface area contributed by atoms with Crippen LogP contribution in [-0.2, 0) is 5.41 Å². The molecule has 0 N–H and O–H groups in total. The maximum absolute atomic E-state index is 6.35. The van der Waals surface area contributed by atoms with Crippen LogP contribution in [0.3, 0.4) is 0 Å². The molecular weight excluding hydrogens is 595 g/mol. The van der Waals surface area contributed by atoms with E-state index in [1.54, 1.807) is 0 Å². The Morgan fingerprint density at radius 3 is 1.76 bits per heavy atom. The van der Waals surface area contributed by atoms with Crippen molar-refractivity contribution in [3.8, 4) is 11.1 Å². The molecule has 2 nitrogen and oxygen atoms in total. The molecule has 1 aromatic heterocycles. The van der Waals surface area contributed by atoms with Crippen molar-refractivity contribution in [2.75, 3.05) is 4.90 Å². The van der Waals surface area contributed by atoms with E-state index in [0.717, 1.165) is 39.0 Å². The molecule has 230 valence electrons. The number of hydrogen-bond donors (Lipinski definition) is 0. The molecule has 8 aromatic carbocycles. The average Bonchev–Trinajstić information content (AvgIpc) is 3.68. The van der Waals surface area contributed by atoms with Crippen LogP contribution in [0.1, 0.15) is 22.3 Å². The summed E-state index contributed by atoms with van der Waals surface area (Å²) >= 11 is 0. The third kappa shape index (κ3) is 4.14. The number of rotatable bonds is 5. The Labute approximate surface area is 285 Å². The second kappa shape index (κ2) is 10.8. The van der Waals surface area contributed by atoms with E-state index >= 15 is 0 Å². The molecule has 0 bridgehead atoms. The fraction of sp³-hybridized carbons (Fsp3) is 0.0213. The van der Waals surface area contributed by atoms with Crippen LogP contribution in [0.2, 0.25) is 0 Å². The van der Waals surface area contributed by atoms with E-state index in [1.165, 1.54) is 44.2 Å². The van der Waals surface area contributed by atoms with Gasteiger partial charge in [0.2, 0.25) is 0 Å². The molecule has 1 heterocycles. The van der Waals surface area contributed by atoms with Gasteiger partial charge < -0.3 is 9.32 Å². The topological polar surface area (TPSA) is 16.4 Å². The zero-order chi connectivity index (χ0) is 32.4. The molecule has 0 fully saturated rings. The molecule has 0 radical (unpaired) electrons. The molecule has 10 rings (SSSR count). The molecule has 1 aliphatic rings. The Balaban J connectivity index is 1.21. The van der Waals surface area contributed by atoms with Crippen LogP contribution < -0.4 is 4.90 Å². The van der Waals surface area contributed by atoms with Gasteiger partial charge >= 0.3 is 0 Å². The second-order valence-corrected chi connectivity index (χ2v) is 12.9. The first kappa shape index (κ1) is 27.7. The molecule has 0 saturated carbocycles. The van der Waals surface area contributed by atoms with E-state index in [9.17, 15) is 0 Å². The summed E-state index contributed by atoms with van der Waals surface area (Å²) in [5, 5.41) is 4.68. The van der Waals surface area contributed by atoms with Gasteiger partial charge in [0.15, 0.2) is 0 Å². The van der Waals surface area contributed by atoms with Crippen molar-refractivity contribution in [2.45, 2.75) is 5.41 Å². The summed E-state index contributed by atoms with van der Waals surface area (Å²) < 4.78 is 6.35. The van der Waals surface area contributed by atoms with Gasteiger partial charge in [0.25, 0.3) is 0 Å². The maximum Gasteiger partial charge on any atom is 0.137 e. The normalized spacial score (nSPS) is 13.1. The molecule has 49 heavy (non-hydrogen) atoms. The van der Waals surface area contributed by atoms with Gasteiger partial charge in [-0.15, -0.1) is 0 Å². The first-order chi connectivity index (χ1) is 24.3. The highest BCUT2D eigenvalue weighted by Crippen LogP contribution is 2.57. The number of benzene rings is 8. The molecule has 0 saturated heterocycles. The van der Waals surface area contributed by atoms with Gasteiger partial charge in [-0.3, -0.25) is 0 Å². The summed E-state index contributed by atoms with van der Waals surface area (Å²) in [5.41, 5.74) is 12.3. The van der Waals surface area contributed by atoms with Crippen LogP contribution in [-0.4, -0.2) is 0 Å². The van der Waals surface area contributed by atoms with E-state index in [2.05, 4.69) is 181 Å². The Morgan fingerprint density at radius 2 is 0.980 bits per heavy atom. The summed E-state index contributed by atoms with van der Waals surface area (Å²) in [5.74, 6) is 0. The van der Waals surface area contributed by atoms with Crippen molar-refractivity contribution in [3.05, 3.63) is 210 Å². The lowest BCUT2D eigenvalue weighted by Gasteiger charge is -2.34. The Morgan fingerprint density at radius 1 is 0.367 bits per heavy atom. The van der Waals surface area contributed by atoms with Gasteiger partial charge in [-0.05, 0) is 98.8 Å². The lowest BCUT2D eigenvalue weighted by atomic mass is 9.67. The standard InChI is InChI=1S/C47H31NO/c1-4-14-34(15-5-1)47(35-16-6-2-7-17-35)43-22-12-10-20-39(43)42-29-32-24-25-37(28-33(32)30-44(42)47)48(36-18-8-3-9-19-36)38-26-27-41-40-21-11-13-23-45(40)49-46(41)31-38/h1-31H. The zero-order valence-electron chi connectivity index (χ0n) is 26.8. The number of anilines is 3. The first-order valence-electron chi connectivity index (χ1n) is 16.8. The van der Waals surface area contributed by atoms with Crippen LogP contribution in [0.25, 0.3) is 43.8 Å². The van der Waals surface area contributed by atoms with E-state index in [1.807, 2.05) is 12.1 Å². The molecule has 0 spiro atoms. The van der Waals surface area contributed by atoms with E-state index in [-0.39, 0.29) is 0 Å². The van der Waals surface area contributed by atoms with E-state index in [0.29, 0.717) is 0 Å². The third-order valence-electron chi connectivity index (χ3n) is 10.3. The van der Waals surface area contributed by atoms with Crippen molar-refractivity contribution in [2.24, 2.45) is 0 Å². The molecule has 0 unspecified atom stereocenters. The fourth-order valence-corrected chi connectivity index (χ4v) is 8.19. The summed E-state index contributed by atoms with van der Waals surface area (Å²) in [4.78, 5) is 2.33. The van der Waals surface area contributed by atoms with Gasteiger partial charge in [0, 0.05) is 33.9 Å². The van der Waals surface area contributed by atoms with Crippen molar-refractivity contribution in [3.63, 3.8) is 0 Å². The molecule has 1 aliphatic carbocycles. The van der Waals surface area contributed by atoms with E-state index in [4.69, 9.17) is 4.42 Å². The number of fused-ring (bicyclic) bond motifs is 7. The predicted molar refractivity (Wildman–Crippen MR) is 203 cm³/mol. The van der Waals surface area contributed by atoms with Crippen LogP contribution in [0.15, 0.2) is 192 Å². The Bertz CT molecular complexity index is 2620. The molecule has 9 aromatic rings. The van der Waals surface area contributed by atoms with Crippen molar-refractivity contribution in [1.29, 1.82) is 0 Å². The predicted octanol–water partition coefficient (Wildman–Crippen LogP) is 12.6. The minimum Gasteiger partial charge on any atom is -0.456 e. The van der Waals surface area contributed by atoms with Crippen LogP contribution in [0, 0.1) is 0 Å². The Kier molecular flexibility index (Phi) is 6.13. The van der Waals surface area contributed by atoms with Gasteiger partial charge in [-0.25, -0.2) is 0 Å². The number of furan rings is 1. The minimum atomic E-state index is -0.440. The maximum atomic E-state index is 6.35. The molecular formula is C47H31NO. The van der Waals surface area contributed by atoms with Gasteiger partial charge in [-0.1, -0.05) is 127 Å². The van der Waals surface area contributed by atoms with Crippen molar-refractivity contribution >= 4 is 49.8 Å². The van der Waals surface area contributed by atoms with Crippen LogP contribution in [0.5, 0.6) is 0 Å². The zero-order valence-corrected chi connectivity index (χ0v) is 26.8. The number of nitrogens with zero attached hydrogens (tertiary/aromatic N) is 1. The van der Waals surface area contributed by atoms with Gasteiger partial charge in [0.1, 0.15) is 11.2 Å². The highest BCUT2D eigenvalue weighted by Gasteiger charge is 2.46. The highest BCUT2D eigenvalue weighted by molar-refractivity contribution is 6.06.